The van der Waals surface area contributed by atoms with Gasteiger partial charge >= 0.3 is 0 Å². The van der Waals surface area contributed by atoms with Gasteiger partial charge in [-0.2, -0.15) is 0 Å². The topological polar surface area (TPSA) is 34.1 Å². The fraction of sp³-hybridized carbons (Fsp3) is 0.818. The average molecular weight is 180 g/mol. The monoisotopic (exact) mass is 180 g/mol. The van der Waals surface area contributed by atoms with Crippen molar-refractivity contribution in [2.24, 2.45) is 11.3 Å². The second kappa shape index (κ2) is 2.93. The third-order valence-electron chi connectivity index (χ3n) is 3.85. The number of hydrogen-bond donors (Lipinski definition) is 0. The highest BCUT2D eigenvalue weighted by Gasteiger charge is 2.52. The minimum atomic E-state index is -0.530. The second-order valence-electron chi connectivity index (χ2n) is 4.46. The molecule has 0 saturated heterocycles. The Labute approximate surface area is 78.7 Å². The van der Waals surface area contributed by atoms with Gasteiger partial charge in [0.05, 0.1) is 5.41 Å². The first-order valence-electron chi connectivity index (χ1n) is 5.24. The largest absolute Gasteiger partial charge is 0.299 e. The zero-order valence-corrected chi connectivity index (χ0v) is 8.14. The van der Waals surface area contributed by atoms with Crippen LogP contribution in [0.3, 0.4) is 0 Å². The standard InChI is InChI=1S/C11H16O2/c1-8-4-2-5-9(12)11(8)7-3-6-10(11)13/h8H,2-7H2,1H3. The quantitative estimate of drug-likeness (QED) is 0.535. The van der Waals surface area contributed by atoms with E-state index in [0.29, 0.717) is 18.8 Å². The Morgan fingerprint density at radius 3 is 2.23 bits per heavy atom. The van der Waals surface area contributed by atoms with Gasteiger partial charge in [0.15, 0.2) is 0 Å². The molecule has 2 unspecified atom stereocenters. The van der Waals surface area contributed by atoms with Crippen LogP contribution in [-0.2, 0) is 9.59 Å². The molecular formula is C11H16O2. The van der Waals surface area contributed by atoms with E-state index in [9.17, 15) is 9.59 Å². The van der Waals surface area contributed by atoms with Crippen LogP contribution in [0, 0.1) is 11.3 Å². The van der Waals surface area contributed by atoms with Gasteiger partial charge in [0.2, 0.25) is 0 Å². The van der Waals surface area contributed by atoms with Crippen molar-refractivity contribution in [1.29, 1.82) is 0 Å². The molecule has 0 aromatic carbocycles. The van der Waals surface area contributed by atoms with Gasteiger partial charge < -0.3 is 0 Å². The zero-order valence-electron chi connectivity index (χ0n) is 8.14. The van der Waals surface area contributed by atoms with Gasteiger partial charge in [-0.15, -0.1) is 0 Å². The van der Waals surface area contributed by atoms with Crippen molar-refractivity contribution in [3.05, 3.63) is 0 Å². The second-order valence-corrected chi connectivity index (χ2v) is 4.46. The molecule has 2 saturated carbocycles. The molecule has 2 aliphatic rings. The summed E-state index contributed by atoms with van der Waals surface area (Å²) < 4.78 is 0. The molecule has 0 amide bonds. The molecule has 72 valence electrons. The fourth-order valence-corrected chi connectivity index (χ4v) is 3.02. The Morgan fingerprint density at radius 2 is 1.77 bits per heavy atom. The Balaban J connectivity index is 2.35. The third-order valence-corrected chi connectivity index (χ3v) is 3.85. The van der Waals surface area contributed by atoms with Crippen LogP contribution >= 0.6 is 0 Å². The van der Waals surface area contributed by atoms with Crippen LogP contribution in [0.4, 0.5) is 0 Å². The molecule has 2 fully saturated rings. The lowest BCUT2D eigenvalue weighted by molar-refractivity contribution is -0.144. The summed E-state index contributed by atoms with van der Waals surface area (Å²) in [6.07, 6.45) is 5.05. The van der Waals surface area contributed by atoms with Gasteiger partial charge in [0.1, 0.15) is 11.6 Å². The Kier molecular flexibility index (Phi) is 2.01. The molecule has 0 aromatic heterocycles. The van der Waals surface area contributed by atoms with E-state index in [4.69, 9.17) is 0 Å². The summed E-state index contributed by atoms with van der Waals surface area (Å²) in [7, 11) is 0. The van der Waals surface area contributed by atoms with E-state index in [1.54, 1.807) is 0 Å². The van der Waals surface area contributed by atoms with E-state index >= 15 is 0 Å². The predicted octanol–water partition coefficient (Wildman–Crippen LogP) is 2.11. The molecule has 0 aliphatic heterocycles. The first-order chi connectivity index (χ1) is 6.18. The Morgan fingerprint density at radius 1 is 1.15 bits per heavy atom. The van der Waals surface area contributed by atoms with E-state index in [1.807, 2.05) is 0 Å². The third kappa shape index (κ3) is 1.07. The fourth-order valence-electron chi connectivity index (χ4n) is 3.02. The van der Waals surface area contributed by atoms with Crippen molar-refractivity contribution in [2.45, 2.75) is 45.4 Å². The van der Waals surface area contributed by atoms with Crippen LogP contribution in [0.5, 0.6) is 0 Å². The molecule has 0 aromatic rings. The molecule has 2 nitrogen and oxygen atoms in total. The summed E-state index contributed by atoms with van der Waals surface area (Å²) in [6.45, 7) is 2.07. The van der Waals surface area contributed by atoms with Crippen molar-refractivity contribution < 1.29 is 9.59 Å². The van der Waals surface area contributed by atoms with Gasteiger partial charge in [0, 0.05) is 12.8 Å². The average Bonchev–Trinajstić information content (AvgIpc) is 2.45. The van der Waals surface area contributed by atoms with E-state index < -0.39 is 5.41 Å². The van der Waals surface area contributed by atoms with Crippen LogP contribution in [0.2, 0.25) is 0 Å². The molecule has 13 heavy (non-hydrogen) atoms. The predicted molar refractivity (Wildman–Crippen MR) is 49.3 cm³/mol. The zero-order chi connectivity index (χ0) is 9.47. The van der Waals surface area contributed by atoms with Crippen molar-refractivity contribution in [1.82, 2.24) is 0 Å². The molecule has 0 N–H and O–H groups in total. The number of hydrogen-bond acceptors (Lipinski definition) is 2. The minimum absolute atomic E-state index is 0.227. The van der Waals surface area contributed by atoms with Crippen molar-refractivity contribution in [3.8, 4) is 0 Å². The smallest absolute Gasteiger partial charge is 0.146 e. The number of carbonyl (C=O) groups excluding carboxylic acids is 2. The van der Waals surface area contributed by atoms with Crippen molar-refractivity contribution in [3.63, 3.8) is 0 Å². The molecular weight excluding hydrogens is 164 g/mol. The van der Waals surface area contributed by atoms with E-state index in [-0.39, 0.29) is 11.6 Å². The van der Waals surface area contributed by atoms with E-state index in [1.165, 1.54) is 0 Å². The van der Waals surface area contributed by atoms with Gasteiger partial charge in [-0.05, 0) is 31.6 Å². The highest BCUT2D eigenvalue weighted by atomic mass is 16.2. The summed E-state index contributed by atoms with van der Waals surface area (Å²) in [6, 6.07) is 0. The van der Waals surface area contributed by atoms with E-state index in [2.05, 4.69) is 6.92 Å². The minimum Gasteiger partial charge on any atom is -0.299 e. The first kappa shape index (κ1) is 8.92. The summed E-state index contributed by atoms with van der Waals surface area (Å²) in [4.78, 5) is 23.6. The Bertz CT molecular complexity index is 257. The maximum atomic E-state index is 11.8. The molecule has 2 rings (SSSR count). The normalized spacial score (nSPS) is 40.2. The van der Waals surface area contributed by atoms with Crippen molar-refractivity contribution in [2.75, 3.05) is 0 Å². The molecule has 2 heteroatoms. The number of ketones is 2. The lowest BCUT2D eigenvalue weighted by Crippen LogP contribution is -2.43. The molecule has 2 atom stereocenters. The number of rotatable bonds is 0. The van der Waals surface area contributed by atoms with Crippen molar-refractivity contribution >= 4 is 11.6 Å². The van der Waals surface area contributed by atoms with Crippen LogP contribution < -0.4 is 0 Å². The van der Waals surface area contributed by atoms with Gasteiger partial charge in [-0.3, -0.25) is 9.59 Å². The summed E-state index contributed by atoms with van der Waals surface area (Å²) in [5.74, 6) is 0.752. The van der Waals surface area contributed by atoms with Gasteiger partial charge in [0.25, 0.3) is 0 Å². The van der Waals surface area contributed by atoms with Gasteiger partial charge in [-0.1, -0.05) is 6.92 Å². The molecule has 0 heterocycles. The summed E-state index contributed by atoms with van der Waals surface area (Å²) in [5.41, 5.74) is -0.530. The molecule has 1 spiro atoms. The van der Waals surface area contributed by atoms with Crippen LogP contribution in [0.25, 0.3) is 0 Å². The summed E-state index contributed by atoms with van der Waals surface area (Å²) >= 11 is 0. The molecule has 2 aliphatic carbocycles. The maximum absolute atomic E-state index is 11.8. The first-order valence-corrected chi connectivity index (χ1v) is 5.24. The van der Waals surface area contributed by atoms with Gasteiger partial charge in [-0.25, -0.2) is 0 Å². The molecule has 0 bridgehead atoms. The highest BCUT2D eigenvalue weighted by Crippen LogP contribution is 2.47. The maximum Gasteiger partial charge on any atom is 0.146 e. The Hall–Kier alpha value is -0.660. The van der Waals surface area contributed by atoms with Crippen LogP contribution in [0.15, 0.2) is 0 Å². The highest BCUT2D eigenvalue weighted by molar-refractivity contribution is 6.08. The lowest BCUT2D eigenvalue weighted by Gasteiger charge is -2.36. The molecule has 0 radical (unpaired) electrons. The number of Topliss-reactive ketones (excluding diaryl/α,β-unsaturated/α-hetero) is 2. The van der Waals surface area contributed by atoms with Crippen LogP contribution in [0.1, 0.15) is 45.4 Å². The SMILES string of the molecule is CC1CCCC(=O)C12CCCC2=O. The number of carbonyl (C=O) groups is 2. The van der Waals surface area contributed by atoms with E-state index in [0.717, 1.165) is 25.7 Å². The summed E-state index contributed by atoms with van der Waals surface area (Å²) in [5, 5.41) is 0. The lowest BCUT2D eigenvalue weighted by atomic mass is 9.64. The van der Waals surface area contributed by atoms with Crippen LogP contribution in [-0.4, -0.2) is 11.6 Å².